The lowest BCUT2D eigenvalue weighted by Gasteiger charge is -2.25. The van der Waals surface area contributed by atoms with Crippen LogP contribution in [0.5, 0.6) is 0 Å². The van der Waals surface area contributed by atoms with Crippen LogP contribution < -0.4 is 0 Å². The molecule has 2 heteroatoms. The molecule has 0 radical (unpaired) electrons. The first kappa shape index (κ1) is 12.0. The van der Waals surface area contributed by atoms with E-state index in [2.05, 4.69) is 6.92 Å². The van der Waals surface area contributed by atoms with E-state index in [9.17, 15) is 0 Å². The summed E-state index contributed by atoms with van der Waals surface area (Å²) in [5.41, 5.74) is 0. The molecule has 0 aromatic rings. The molecule has 1 aliphatic heterocycles. The van der Waals surface area contributed by atoms with Gasteiger partial charge in [-0.1, -0.05) is 39.0 Å². The monoisotopic (exact) mass is 200 g/mol. The highest BCUT2D eigenvalue weighted by atomic mass is 16.5. The van der Waals surface area contributed by atoms with Crippen molar-refractivity contribution in [3.05, 3.63) is 0 Å². The standard InChI is InChI=1S/C12H24O2/c1-2-3-4-5-6-7-9-13-11-12-8-10-14-12/h12H,2-11H2,1H3. The summed E-state index contributed by atoms with van der Waals surface area (Å²) in [6.07, 6.45) is 9.62. The summed E-state index contributed by atoms with van der Waals surface area (Å²) in [6, 6.07) is 0. The summed E-state index contributed by atoms with van der Waals surface area (Å²) in [5, 5.41) is 0. The molecule has 0 bridgehead atoms. The smallest absolute Gasteiger partial charge is 0.0830 e. The Morgan fingerprint density at radius 3 is 2.50 bits per heavy atom. The lowest BCUT2D eigenvalue weighted by Crippen LogP contribution is -2.31. The molecular formula is C12H24O2. The minimum atomic E-state index is 0.412. The van der Waals surface area contributed by atoms with E-state index in [0.29, 0.717) is 6.10 Å². The molecule has 1 aliphatic rings. The van der Waals surface area contributed by atoms with Crippen LogP contribution in [0.4, 0.5) is 0 Å². The largest absolute Gasteiger partial charge is 0.379 e. The number of hydrogen-bond acceptors (Lipinski definition) is 2. The van der Waals surface area contributed by atoms with Crippen LogP contribution in [-0.2, 0) is 9.47 Å². The quantitative estimate of drug-likeness (QED) is 0.532. The van der Waals surface area contributed by atoms with E-state index in [1.54, 1.807) is 0 Å². The molecule has 1 fully saturated rings. The normalized spacial score (nSPS) is 20.8. The maximum Gasteiger partial charge on any atom is 0.0830 e. The third kappa shape index (κ3) is 5.61. The molecule has 1 rings (SSSR count). The van der Waals surface area contributed by atoms with Gasteiger partial charge in [0.15, 0.2) is 0 Å². The van der Waals surface area contributed by atoms with Gasteiger partial charge in [-0.3, -0.25) is 0 Å². The maximum absolute atomic E-state index is 5.52. The van der Waals surface area contributed by atoms with Gasteiger partial charge in [0, 0.05) is 13.2 Å². The zero-order valence-electron chi connectivity index (χ0n) is 9.46. The second-order valence-electron chi connectivity index (χ2n) is 4.12. The van der Waals surface area contributed by atoms with E-state index in [1.807, 2.05) is 0 Å². The Hall–Kier alpha value is -0.0800. The van der Waals surface area contributed by atoms with E-state index in [0.717, 1.165) is 19.8 Å². The van der Waals surface area contributed by atoms with Crippen LogP contribution in [0, 0.1) is 0 Å². The Bertz CT molecular complexity index is 121. The summed E-state index contributed by atoms with van der Waals surface area (Å²) >= 11 is 0. The first-order valence-corrected chi connectivity index (χ1v) is 6.13. The van der Waals surface area contributed by atoms with Crippen molar-refractivity contribution in [2.24, 2.45) is 0 Å². The first-order chi connectivity index (χ1) is 6.93. The predicted molar refractivity (Wildman–Crippen MR) is 58.6 cm³/mol. The Morgan fingerprint density at radius 2 is 1.86 bits per heavy atom. The van der Waals surface area contributed by atoms with Crippen molar-refractivity contribution in [2.75, 3.05) is 19.8 Å². The molecule has 1 saturated heterocycles. The Kier molecular flexibility index (Phi) is 7.06. The fraction of sp³-hybridized carbons (Fsp3) is 1.00. The van der Waals surface area contributed by atoms with Crippen molar-refractivity contribution >= 4 is 0 Å². The average molecular weight is 200 g/mol. The molecule has 0 spiro atoms. The van der Waals surface area contributed by atoms with Crippen LogP contribution in [-0.4, -0.2) is 25.9 Å². The van der Waals surface area contributed by atoms with Crippen molar-refractivity contribution in [3.8, 4) is 0 Å². The Morgan fingerprint density at radius 1 is 1.14 bits per heavy atom. The lowest BCUT2D eigenvalue weighted by atomic mass is 10.1. The van der Waals surface area contributed by atoms with Crippen molar-refractivity contribution in [1.82, 2.24) is 0 Å². The van der Waals surface area contributed by atoms with Gasteiger partial charge in [-0.05, 0) is 12.8 Å². The number of ether oxygens (including phenoxy) is 2. The molecule has 1 unspecified atom stereocenters. The van der Waals surface area contributed by atoms with E-state index in [-0.39, 0.29) is 0 Å². The first-order valence-electron chi connectivity index (χ1n) is 6.13. The van der Waals surface area contributed by atoms with E-state index < -0.39 is 0 Å². The molecular weight excluding hydrogens is 176 g/mol. The van der Waals surface area contributed by atoms with Crippen LogP contribution in [0.3, 0.4) is 0 Å². The maximum atomic E-state index is 5.52. The molecule has 0 aliphatic carbocycles. The van der Waals surface area contributed by atoms with Crippen LogP contribution >= 0.6 is 0 Å². The third-order valence-electron chi connectivity index (χ3n) is 2.74. The van der Waals surface area contributed by atoms with Gasteiger partial charge in [0.1, 0.15) is 0 Å². The van der Waals surface area contributed by atoms with Gasteiger partial charge in [-0.15, -0.1) is 0 Å². The zero-order valence-corrected chi connectivity index (χ0v) is 9.46. The molecule has 1 heterocycles. The molecule has 0 N–H and O–H groups in total. The molecule has 0 saturated carbocycles. The minimum absolute atomic E-state index is 0.412. The summed E-state index contributed by atoms with van der Waals surface area (Å²) in [5.74, 6) is 0. The second kappa shape index (κ2) is 8.25. The van der Waals surface area contributed by atoms with E-state index in [1.165, 1.54) is 44.9 Å². The molecule has 84 valence electrons. The summed E-state index contributed by atoms with van der Waals surface area (Å²) < 4.78 is 10.8. The molecule has 2 nitrogen and oxygen atoms in total. The van der Waals surface area contributed by atoms with Gasteiger partial charge >= 0.3 is 0 Å². The summed E-state index contributed by atoms with van der Waals surface area (Å²) in [7, 11) is 0. The SMILES string of the molecule is CCCCCCCCOCC1CCO1. The number of hydrogen-bond donors (Lipinski definition) is 0. The third-order valence-corrected chi connectivity index (χ3v) is 2.74. The van der Waals surface area contributed by atoms with Gasteiger partial charge < -0.3 is 9.47 Å². The second-order valence-corrected chi connectivity index (χ2v) is 4.12. The van der Waals surface area contributed by atoms with Crippen LogP contribution in [0.2, 0.25) is 0 Å². The fourth-order valence-electron chi connectivity index (χ4n) is 1.62. The van der Waals surface area contributed by atoms with Crippen LogP contribution in [0.1, 0.15) is 51.9 Å². The molecule has 0 aromatic carbocycles. The minimum Gasteiger partial charge on any atom is -0.379 e. The number of unbranched alkanes of at least 4 members (excludes halogenated alkanes) is 5. The van der Waals surface area contributed by atoms with E-state index in [4.69, 9.17) is 9.47 Å². The van der Waals surface area contributed by atoms with Crippen molar-refractivity contribution in [1.29, 1.82) is 0 Å². The van der Waals surface area contributed by atoms with Crippen molar-refractivity contribution < 1.29 is 9.47 Å². The van der Waals surface area contributed by atoms with E-state index >= 15 is 0 Å². The average Bonchev–Trinajstić information content (AvgIpc) is 2.13. The van der Waals surface area contributed by atoms with Gasteiger partial charge in [-0.2, -0.15) is 0 Å². The highest BCUT2D eigenvalue weighted by molar-refractivity contribution is 4.64. The number of rotatable bonds is 9. The van der Waals surface area contributed by atoms with Crippen molar-refractivity contribution in [3.63, 3.8) is 0 Å². The zero-order chi connectivity index (χ0) is 10.1. The molecule has 0 aromatic heterocycles. The van der Waals surface area contributed by atoms with Crippen LogP contribution in [0.15, 0.2) is 0 Å². The Balaban J connectivity index is 1.67. The summed E-state index contributed by atoms with van der Waals surface area (Å²) in [4.78, 5) is 0. The molecule has 1 atom stereocenters. The molecule has 0 amide bonds. The summed E-state index contributed by atoms with van der Waals surface area (Å²) in [6.45, 7) is 4.92. The Labute approximate surface area is 88.0 Å². The topological polar surface area (TPSA) is 18.5 Å². The lowest BCUT2D eigenvalue weighted by molar-refractivity contribution is -0.0939. The van der Waals surface area contributed by atoms with Gasteiger partial charge in [0.25, 0.3) is 0 Å². The predicted octanol–water partition coefficient (Wildman–Crippen LogP) is 3.15. The molecule has 14 heavy (non-hydrogen) atoms. The van der Waals surface area contributed by atoms with Gasteiger partial charge in [0.05, 0.1) is 12.7 Å². The van der Waals surface area contributed by atoms with Gasteiger partial charge in [-0.25, -0.2) is 0 Å². The fourth-order valence-corrected chi connectivity index (χ4v) is 1.62. The highest BCUT2D eigenvalue weighted by Crippen LogP contribution is 2.11. The van der Waals surface area contributed by atoms with Gasteiger partial charge in [0.2, 0.25) is 0 Å². The highest BCUT2D eigenvalue weighted by Gasteiger charge is 2.17. The van der Waals surface area contributed by atoms with Crippen molar-refractivity contribution in [2.45, 2.75) is 58.0 Å². The van der Waals surface area contributed by atoms with Crippen LogP contribution in [0.25, 0.3) is 0 Å².